The first-order chi connectivity index (χ1) is 9.99. The second kappa shape index (κ2) is 6.87. The highest BCUT2D eigenvalue weighted by Gasteiger charge is 2.22. The van der Waals surface area contributed by atoms with E-state index in [9.17, 15) is 20.3 Å². The maximum absolute atomic E-state index is 10.8. The van der Waals surface area contributed by atoms with Crippen LogP contribution >= 0.6 is 11.6 Å². The van der Waals surface area contributed by atoms with Crippen LogP contribution in [-0.2, 0) is 0 Å². The number of phenols is 1. The maximum atomic E-state index is 10.8. The molecule has 1 aliphatic rings. The summed E-state index contributed by atoms with van der Waals surface area (Å²) in [5.41, 5.74) is -0.284. The fraction of sp³-hybridized carbons (Fsp3) is 0.500. The van der Waals surface area contributed by atoms with Gasteiger partial charge in [0.1, 0.15) is 0 Å². The summed E-state index contributed by atoms with van der Waals surface area (Å²) in [6, 6.07) is 2.48. The number of aliphatic imine (C=N–C) groups is 1. The van der Waals surface area contributed by atoms with Crippen molar-refractivity contribution >= 4 is 23.5 Å². The van der Waals surface area contributed by atoms with Crippen molar-refractivity contribution in [3.8, 4) is 5.75 Å². The predicted molar refractivity (Wildman–Crippen MR) is 80.2 cm³/mol. The molecule has 1 fully saturated rings. The molecule has 0 bridgehead atoms. The van der Waals surface area contributed by atoms with Gasteiger partial charge in [0, 0.05) is 22.9 Å². The topological polar surface area (TPSA) is 96.0 Å². The second-order valence-electron chi connectivity index (χ2n) is 5.23. The van der Waals surface area contributed by atoms with E-state index in [4.69, 9.17) is 11.6 Å². The number of hydrogen-bond donors (Lipinski definition) is 2. The summed E-state index contributed by atoms with van der Waals surface area (Å²) in [6.45, 7) is 0.213. The molecule has 0 aliphatic heterocycles. The van der Waals surface area contributed by atoms with Gasteiger partial charge in [0.15, 0.2) is 0 Å². The van der Waals surface area contributed by atoms with Crippen LogP contribution in [0.15, 0.2) is 17.1 Å². The SMILES string of the molecule is O=[N+]([O-])c1cc(Cl)cc(C=NCC(O)C2CCCC2)c1O. The molecule has 7 heteroatoms. The normalized spacial score (nSPS) is 17.4. The van der Waals surface area contributed by atoms with Crippen LogP contribution in [0.2, 0.25) is 5.02 Å². The zero-order valence-corrected chi connectivity index (χ0v) is 12.2. The first-order valence-corrected chi connectivity index (χ1v) is 7.21. The molecular formula is C14H17ClN2O4. The quantitative estimate of drug-likeness (QED) is 0.496. The molecule has 114 valence electrons. The molecule has 6 nitrogen and oxygen atoms in total. The van der Waals surface area contributed by atoms with Crippen LogP contribution in [0.4, 0.5) is 5.69 Å². The van der Waals surface area contributed by atoms with Crippen molar-refractivity contribution in [2.45, 2.75) is 31.8 Å². The summed E-state index contributed by atoms with van der Waals surface area (Å²) in [6.07, 6.45) is 5.07. The molecule has 21 heavy (non-hydrogen) atoms. The summed E-state index contributed by atoms with van der Waals surface area (Å²) in [7, 11) is 0. The van der Waals surface area contributed by atoms with E-state index in [1.54, 1.807) is 0 Å². The van der Waals surface area contributed by atoms with E-state index in [-0.39, 0.29) is 23.0 Å². The lowest BCUT2D eigenvalue weighted by atomic mass is 10.0. The molecule has 1 aliphatic carbocycles. The highest BCUT2D eigenvalue weighted by Crippen LogP contribution is 2.32. The summed E-state index contributed by atoms with van der Waals surface area (Å²) < 4.78 is 0. The number of halogens is 1. The average molecular weight is 313 g/mol. The number of aliphatic hydroxyl groups excluding tert-OH is 1. The molecule has 0 amide bonds. The third kappa shape index (κ3) is 3.92. The lowest BCUT2D eigenvalue weighted by Crippen LogP contribution is -2.20. The maximum Gasteiger partial charge on any atom is 0.312 e. The lowest BCUT2D eigenvalue weighted by Gasteiger charge is -2.14. The van der Waals surface area contributed by atoms with Crippen LogP contribution in [0.5, 0.6) is 5.75 Å². The Balaban J connectivity index is 2.08. The van der Waals surface area contributed by atoms with Crippen molar-refractivity contribution in [3.63, 3.8) is 0 Å². The number of aromatic hydroxyl groups is 1. The molecule has 1 aromatic carbocycles. The van der Waals surface area contributed by atoms with Gasteiger partial charge >= 0.3 is 5.69 Å². The van der Waals surface area contributed by atoms with E-state index in [0.717, 1.165) is 31.7 Å². The number of hydrogen-bond acceptors (Lipinski definition) is 5. The minimum Gasteiger partial charge on any atom is -0.502 e. The Morgan fingerprint density at radius 1 is 1.48 bits per heavy atom. The van der Waals surface area contributed by atoms with Crippen LogP contribution in [0.3, 0.4) is 0 Å². The largest absolute Gasteiger partial charge is 0.502 e. The number of nitrogens with zero attached hydrogens (tertiary/aromatic N) is 2. The van der Waals surface area contributed by atoms with Crippen molar-refractivity contribution < 1.29 is 15.1 Å². The smallest absolute Gasteiger partial charge is 0.312 e. The van der Waals surface area contributed by atoms with Crippen LogP contribution in [0, 0.1) is 16.0 Å². The van der Waals surface area contributed by atoms with Gasteiger partial charge in [0.05, 0.1) is 17.6 Å². The molecule has 1 atom stereocenters. The van der Waals surface area contributed by atoms with E-state index in [2.05, 4.69) is 4.99 Å². The Hall–Kier alpha value is -1.66. The van der Waals surface area contributed by atoms with Gasteiger partial charge in [-0.3, -0.25) is 15.1 Å². The number of benzene rings is 1. The van der Waals surface area contributed by atoms with Crippen LogP contribution < -0.4 is 0 Å². The van der Waals surface area contributed by atoms with Gasteiger partial charge in [-0.25, -0.2) is 0 Å². The first-order valence-electron chi connectivity index (χ1n) is 6.84. The molecule has 2 N–H and O–H groups in total. The highest BCUT2D eigenvalue weighted by atomic mass is 35.5. The molecular weight excluding hydrogens is 296 g/mol. The Bertz CT molecular complexity index is 556. The zero-order valence-electron chi connectivity index (χ0n) is 11.4. The van der Waals surface area contributed by atoms with Crippen molar-refractivity contribution in [2.75, 3.05) is 6.54 Å². The first kappa shape index (κ1) is 15.7. The molecule has 2 rings (SSSR count). The van der Waals surface area contributed by atoms with Crippen LogP contribution in [0.1, 0.15) is 31.2 Å². The number of nitro benzene ring substituents is 1. The predicted octanol–water partition coefficient (Wildman–Crippen LogP) is 2.92. The molecule has 1 unspecified atom stereocenters. The van der Waals surface area contributed by atoms with Gasteiger partial charge < -0.3 is 10.2 Å². The molecule has 0 heterocycles. The Kier molecular flexibility index (Phi) is 5.14. The fourth-order valence-electron chi connectivity index (χ4n) is 2.59. The highest BCUT2D eigenvalue weighted by molar-refractivity contribution is 6.31. The van der Waals surface area contributed by atoms with E-state index in [1.165, 1.54) is 12.3 Å². The number of phenolic OH excluding ortho intramolecular Hbond substituents is 1. The Labute approximate surface area is 127 Å². The van der Waals surface area contributed by atoms with Gasteiger partial charge in [-0.2, -0.15) is 0 Å². The Morgan fingerprint density at radius 2 is 2.14 bits per heavy atom. The second-order valence-corrected chi connectivity index (χ2v) is 5.66. The fourth-order valence-corrected chi connectivity index (χ4v) is 2.81. The van der Waals surface area contributed by atoms with Crippen molar-refractivity contribution in [2.24, 2.45) is 10.9 Å². The van der Waals surface area contributed by atoms with Gasteiger partial charge in [0.25, 0.3) is 0 Å². The van der Waals surface area contributed by atoms with E-state index >= 15 is 0 Å². The monoisotopic (exact) mass is 312 g/mol. The minimum absolute atomic E-state index is 0.150. The average Bonchev–Trinajstić information content (AvgIpc) is 2.95. The summed E-state index contributed by atoms with van der Waals surface area (Å²) in [4.78, 5) is 14.2. The molecule has 0 spiro atoms. The molecule has 0 saturated heterocycles. The van der Waals surface area contributed by atoms with E-state index in [0.29, 0.717) is 0 Å². The molecule has 0 aromatic heterocycles. The van der Waals surface area contributed by atoms with Crippen LogP contribution in [-0.4, -0.2) is 34.0 Å². The van der Waals surface area contributed by atoms with Crippen molar-refractivity contribution in [3.05, 3.63) is 32.8 Å². The van der Waals surface area contributed by atoms with Crippen molar-refractivity contribution in [1.82, 2.24) is 0 Å². The zero-order chi connectivity index (χ0) is 15.4. The van der Waals surface area contributed by atoms with Gasteiger partial charge in [0.2, 0.25) is 5.75 Å². The summed E-state index contributed by atoms with van der Waals surface area (Å²) in [5, 5.41) is 30.7. The van der Waals surface area contributed by atoms with E-state index < -0.39 is 22.5 Å². The lowest BCUT2D eigenvalue weighted by molar-refractivity contribution is -0.385. The molecule has 1 saturated carbocycles. The third-order valence-corrected chi connectivity index (χ3v) is 3.97. The van der Waals surface area contributed by atoms with Crippen molar-refractivity contribution in [1.29, 1.82) is 0 Å². The van der Waals surface area contributed by atoms with Crippen LogP contribution in [0.25, 0.3) is 0 Å². The standard InChI is InChI=1S/C14H17ClN2O4/c15-11-5-10(14(19)12(6-11)17(20)21)7-16-8-13(18)9-3-1-2-4-9/h5-7,9,13,18-19H,1-4,8H2. The summed E-state index contributed by atoms with van der Waals surface area (Å²) >= 11 is 5.78. The van der Waals surface area contributed by atoms with Gasteiger partial charge in [-0.15, -0.1) is 0 Å². The number of aliphatic hydroxyl groups is 1. The molecule has 0 radical (unpaired) electrons. The molecule has 1 aromatic rings. The minimum atomic E-state index is -0.702. The summed E-state index contributed by atoms with van der Waals surface area (Å²) in [5.74, 6) is -0.201. The van der Waals surface area contributed by atoms with Gasteiger partial charge in [-0.1, -0.05) is 24.4 Å². The third-order valence-electron chi connectivity index (χ3n) is 3.75. The van der Waals surface area contributed by atoms with Gasteiger partial charge in [-0.05, 0) is 24.8 Å². The number of rotatable bonds is 5. The van der Waals surface area contributed by atoms with E-state index in [1.807, 2.05) is 0 Å². The Morgan fingerprint density at radius 3 is 2.76 bits per heavy atom. The number of nitro groups is 1.